The maximum Gasteiger partial charge on any atom is 0.357 e. The van der Waals surface area contributed by atoms with Crippen molar-refractivity contribution < 1.29 is 45.4 Å². The molecule has 0 atom stereocenters. The van der Waals surface area contributed by atoms with E-state index in [9.17, 15) is 35.9 Å². The standard InChI is InChI=1S/C20H17ClF6N2O4S/c1-32-9-28(15-7-6-11(8-14(15)23)34-20(26,27)18(24)25)19(31)29(10-33-2)17(30)16-12(21)4-3-5-13(16)22/h3-8,18H,9-10H2,1-2H3. The van der Waals surface area contributed by atoms with Gasteiger partial charge in [0.1, 0.15) is 25.1 Å². The van der Waals surface area contributed by atoms with Gasteiger partial charge in [0.25, 0.3) is 5.91 Å². The number of alkyl halides is 4. The summed E-state index contributed by atoms with van der Waals surface area (Å²) in [5, 5.41) is -4.78. The van der Waals surface area contributed by atoms with Crippen LogP contribution in [0.1, 0.15) is 10.4 Å². The highest BCUT2D eigenvalue weighted by molar-refractivity contribution is 8.00. The Bertz CT molecular complexity index is 1030. The number of anilines is 1. The second-order valence-electron chi connectivity index (χ2n) is 6.45. The Kier molecular flexibility index (Phi) is 9.62. The van der Waals surface area contributed by atoms with Crippen LogP contribution in [0.3, 0.4) is 0 Å². The van der Waals surface area contributed by atoms with Crippen LogP contribution in [0.4, 0.5) is 36.8 Å². The number of urea groups is 1. The highest BCUT2D eigenvalue weighted by Gasteiger charge is 2.42. The summed E-state index contributed by atoms with van der Waals surface area (Å²) in [6.07, 6.45) is -3.99. The lowest BCUT2D eigenvalue weighted by Crippen LogP contribution is -2.48. The summed E-state index contributed by atoms with van der Waals surface area (Å²) in [6.45, 7) is -1.33. The predicted molar refractivity (Wildman–Crippen MR) is 112 cm³/mol. The zero-order chi connectivity index (χ0) is 25.6. The average Bonchev–Trinajstić information content (AvgIpc) is 2.75. The summed E-state index contributed by atoms with van der Waals surface area (Å²) >= 11 is 5.33. The maximum atomic E-state index is 14.8. The van der Waals surface area contributed by atoms with E-state index in [0.29, 0.717) is 15.9 Å². The van der Waals surface area contributed by atoms with Crippen LogP contribution in [0.25, 0.3) is 0 Å². The third-order valence-electron chi connectivity index (χ3n) is 4.12. The van der Waals surface area contributed by atoms with Crippen molar-refractivity contribution in [1.82, 2.24) is 4.90 Å². The number of hydrogen-bond donors (Lipinski definition) is 0. The Morgan fingerprint density at radius 2 is 1.71 bits per heavy atom. The summed E-state index contributed by atoms with van der Waals surface area (Å²) in [6, 6.07) is 4.42. The summed E-state index contributed by atoms with van der Waals surface area (Å²) in [5.41, 5.74) is -1.18. The number of imide groups is 1. The summed E-state index contributed by atoms with van der Waals surface area (Å²) in [4.78, 5) is 26.5. The minimum atomic E-state index is -4.48. The molecule has 3 amide bonds. The minimum absolute atomic E-state index is 0.301. The molecule has 0 aliphatic rings. The van der Waals surface area contributed by atoms with Gasteiger partial charge in [0.15, 0.2) is 0 Å². The zero-order valence-corrected chi connectivity index (χ0v) is 19.1. The zero-order valence-electron chi connectivity index (χ0n) is 17.5. The molecule has 0 bridgehead atoms. The van der Waals surface area contributed by atoms with E-state index < -0.39 is 76.6 Å². The van der Waals surface area contributed by atoms with Crippen LogP contribution in [0, 0.1) is 11.6 Å². The van der Waals surface area contributed by atoms with Gasteiger partial charge in [-0.25, -0.2) is 27.3 Å². The van der Waals surface area contributed by atoms with E-state index in [0.717, 1.165) is 32.4 Å². The van der Waals surface area contributed by atoms with Crippen LogP contribution in [0.15, 0.2) is 41.3 Å². The fraction of sp³-hybridized carbons (Fsp3) is 0.300. The summed E-state index contributed by atoms with van der Waals surface area (Å²) < 4.78 is 90.1. The number of carbonyl (C=O) groups is 2. The van der Waals surface area contributed by atoms with Crippen LogP contribution < -0.4 is 4.90 Å². The van der Waals surface area contributed by atoms with E-state index >= 15 is 0 Å². The highest BCUT2D eigenvalue weighted by Crippen LogP contribution is 2.41. The molecule has 6 nitrogen and oxygen atoms in total. The number of methoxy groups -OCH3 is 2. The molecule has 34 heavy (non-hydrogen) atoms. The number of benzene rings is 2. The van der Waals surface area contributed by atoms with Gasteiger partial charge in [-0.15, -0.1) is 0 Å². The Morgan fingerprint density at radius 1 is 1.06 bits per heavy atom. The van der Waals surface area contributed by atoms with Crippen molar-refractivity contribution in [2.75, 3.05) is 32.6 Å². The second kappa shape index (κ2) is 11.8. The van der Waals surface area contributed by atoms with Gasteiger partial charge < -0.3 is 9.47 Å². The quantitative estimate of drug-likeness (QED) is 0.231. The first kappa shape index (κ1) is 27.8. The Morgan fingerprint density at radius 3 is 2.24 bits per heavy atom. The number of nitrogens with zero attached hydrogens (tertiary/aromatic N) is 2. The fourth-order valence-corrected chi connectivity index (χ4v) is 3.59. The number of amides is 3. The first-order valence-corrected chi connectivity index (χ1v) is 10.3. The van der Waals surface area contributed by atoms with Crippen LogP contribution in [-0.4, -0.2) is 56.2 Å². The predicted octanol–water partition coefficient (Wildman–Crippen LogP) is 5.84. The SMILES string of the molecule is COCN(C(=O)c1c(F)cccc1Cl)C(=O)N(COC)c1ccc(SC(F)(F)C(F)F)cc1F. The molecule has 0 spiro atoms. The van der Waals surface area contributed by atoms with Gasteiger partial charge in [-0.3, -0.25) is 9.69 Å². The molecule has 186 valence electrons. The molecule has 2 aromatic carbocycles. The normalized spacial score (nSPS) is 11.6. The molecule has 0 aliphatic heterocycles. The van der Waals surface area contributed by atoms with Crippen LogP contribution >= 0.6 is 23.4 Å². The fourth-order valence-electron chi connectivity index (χ4n) is 2.64. The monoisotopic (exact) mass is 530 g/mol. The van der Waals surface area contributed by atoms with Crippen molar-refractivity contribution >= 4 is 41.0 Å². The van der Waals surface area contributed by atoms with Crippen molar-refractivity contribution in [2.24, 2.45) is 0 Å². The topological polar surface area (TPSA) is 59.1 Å². The highest BCUT2D eigenvalue weighted by atomic mass is 35.5. The van der Waals surface area contributed by atoms with Crippen molar-refractivity contribution in [3.8, 4) is 0 Å². The van der Waals surface area contributed by atoms with Crippen molar-refractivity contribution in [2.45, 2.75) is 16.6 Å². The molecule has 0 N–H and O–H groups in total. The van der Waals surface area contributed by atoms with E-state index in [1.54, 1.807) is 0 Å². The molecule has 0 saturated heterocycles. The molecule has 0 aliphatic carbocycles. The van der Waals surface area contributed by atoms with E-state index in [-0.39, 0.29) is 5.02 Å². The van der Waals surface area contributed by atoms with Crippen LogP contribution in [0.2, 0.25) is 5.02 Å². The summed E-state index contributed by atoms with van der Waals surface area (Å²) in [5.74, 6) is -3.49. The van der Waals surface area contributed by atoms with Crippen LogP contribution in [0.5, 0.6) is 0 Å². The third kappa shape index (κ3) is 6.34. The molecular weight excluding hydrogens is 514 g/mol. The van der Waals surface area contributed by atoms with Crippen molar-refractivity contribution in [3.63, 3.8) is 0 Å². The largest absolute Gasteiger partial charge is 0.364 e. The molecule has 0 unspecified atom stereocenters. The second-order valence-corrected chi connectivity index (χ2v) is 8.08. The lowest BCUT2D eigenvalue weighted by Gasteiger charge is -2.29. The van der Waals surface area contributed by atoms with Gasteiger partial charge in [0.2, 0.25) is 0 Å². The Balaban J connectivity index is 2.43. The van der Waals surface area contributed by atoms with E-state index in [1.807, 2.05) is 0 Å². The van der Waals surface area contributed by atoms with Crippen molar-refractivity contribution in [3.05, 3.63) is 58.6 Å². The van der Waals surface area contributed by atoms with Gasteiger partial charge >= 0.3 is 17.7 Å². The first-order valence-electron chi connectivity index (χ1n) is 9.14. The lowest BCUT2D eigenvalue weighted by molar-refractivity contribution is -0.0563. The number of rotatable bonds is 9. The molecule has 2 aromatic rings. The minimum Gasteiger partial charge on any atom is -0.364 e. The van der Waals surface area contributed by atoms with E-state index in [2.05, 4.69) is 0 Å². The molecule has 0 heterocycles. The Labute approximate surface area is 199 Å². The molecular formula is C20H17ClF6N2O4S. The number of hydrogen-bond acceptors (Lipinski definition) is 5. The number of halogens is 7. The molecule has 0 saturated carbocycles. The molecule has 2 rings (SSSR count). The van der Waals surface area contributed by atoms with Crippen molar-refractivity contribution in [1.29, 1.82) is 0 Å². The number of carbonyl (C=O) groups excluding carboxylic acids is 2. The van der Waals surface area contributed by atoms with E-state index in [4.69, 9.17) is 21.1 Å². The molecule has 14 heteroatoms. The van der Waals surface area contributed by atoms with Gasteiger partial charge in [-0.2, -0.15) is 8.78 Å². The van der Waals surface area contributed by atoms with Crippen LogP contribution in [-0.2, 0) is 9.47 Å². The van der Waals surface area contributed by atoms with Gasteiger partial charge in [-0.05, 0) is 42.1 Å². The molecule has 0 aromatic heterocycles. The smallest absolute Gasteiger partial charge is 0.357 e. The lowest BCUT2D eigenvalue weighted by atomic mass is 10.2. The van der Waals surface area contributed by atoms with Gasteiger partial charge in [-0.1, -0.05) is 17.7 Å². The maximum absolute atomic E-state index is 14.8. The number of ether oxygens (including phenoxy) is 2. The van der Waals surface area contributed by atoms with E-state index in [1.165, 1.54) is 12.1 Å². The summed E-state index contributed by atoms with van der Waals surface area (Å²) in [7, 11) is 2.27. The molecule has 0 fully saturated rings. The Hall–Kier alpha value is -2.48. The number of thioether (sulfide) groups is 1. The molecule has 0 radical (unpaired) electrons. The third-order valence-corrected chi connectivity index (χ3v) is 5.37. The van der Waals surface area contributed by atoms with Gasteiger partial charge in [0.05, 0.1) is 16.3 Å². The van der Waals surface area contributed by atoms with Gasteiger partial charge in [0, 0.05) is 19.1 Å². The average molecular weight is 531 g/mol. The first-order chi connectivity index (χ1) is 15.9.